The van der Waals surface area contributed by atoms with Crippen LogP contribution in [0.2, 0.25) is 0 Å². The zero-order valence-electron chi connectivity index (χ0n) is 27.9. The molecule has 0 amide bonds. The van der Waals surface area contributed by atoms with Crippen molar-refractivity contribution in [2.24, 2.45) is 34.5 Å². The van der Waals surface area contributed by atoms with Gasteiger partial charge in [0.2, 0.25) is 5.79 Å². The lowest BCUT2D eigenvalue weighted by molar-refractivity contribution is -0.319. The molecule has 4 aliphatic carbocycles. The van der Waals surface area contributed by atoms with E-state index in [0.717, 1.165) is 5.57 Å². The van der Waals surface area contributed by atoms with E-state index in [0.29, 0.717) is 12.8 Å². The summed E-state index contributed by atoms with van der Waals surface area (Å²) in [5.74, 6) is -3.52. The predicted octanol–water partition coefficient (Wildman–Crippen LogP) is -2.55. The highest BCUT2D eigenvalue weighted by Crippen LogP contribution is 2.67. The third-order valence-electron chi connectivity index (χ3n) is 12.9. The van der Waals surface area contributed by atoms with Gasteiger partial charge in [0, 0.05) is 16.7 Å². The van der Waals surface area contributed by atoms with Crippen LogP contribution >= 0.6 is 0 Å². The van der Waals surface area contributed by atoms with Gasteiger partial charge in [-0.1, -0.05) is 32.4 Å². The van der Waals surface area contributed by atoms with Gasteiger partial charge >= 0.3 is 0 Å². The number of fused-ring (bicyclic) bond motifs is 5. The first-order valence-corrected chi connectivity index (χ1v) is 17.1. The van der Waals surface area contributed by atoms with Gasteiger partial charge in [-0.15, -0.1) is 0 Å². The van der Waals surface area contributed by atoms with Gasteiger partial charge in [-0.25, -0.2) is 0 Å². The van der Waals surface area contributed by atoms with Crippen LogP contribution in [0.3, 0.4) is 0 Å². The second kappa shape index (κ2) is 13.1. The molecule has 6 aliphatic rings. The summed E-state index contributed by atoms with van der Waals surface area (Å²) < 4.78 is 22.5. The third-order valence-corrected chi connectivity index (χ3v) is 12.9. The van der Waals surface area contributed by atoms with Crippen molar-refractivity contribution in [2.45, 2.75) is 113 Å². The number of rotatable bonds is 9. The number of allylic oxidation sites excluding steroid dienone is 4. The van der Waals surface area contributed by atoms with Crippen LogP contribution in [0.25, 0.3) is 0 Å². The molecule has 0 radical (unpaired) electrons. The summed E-state index contributed by atoms with van der Waals surface area (Å²) in [4.78, 5) is 26.2. The van der Waals surface area contributed by atoms with Crippen molar-refractivity contribution < 1.29 is 74.5 Å². The van der Waals surface area contributed by atoms with Crippen LogP contribution in [0.4, 0.5) is 0 Å². The van der Waals surface area contributed by atoms with Crippen LogP contribution in [0.15, 0.2) is 23.8 Å². The van der Waals surface area contributed by atoms with E-state index in [9.17, 15) is 55.5 Å². The van der Waals surface area contributed by atoms with Gasteiger partial charge in [0.25, 0.3) is 0 Å². The molecule has 15 nitrogen and oxygen atoms in total. The van der Waals surface area contributed by atoms with Gasteiger partial charge < -0.3 is 64.9 Å². The highest BCUT2D eigenvalue weighted by Gasteiger charge is 2.69. The molecule has 5 fully saturated rings. The summed E-state index contributed by atoms with van der Waals surface area (Å²) in [6.07, 6.45) is -7.54. The van der Waals surface area contributed by atoms with E-state index < -0.39 is 110 Å². The lowest BCUT2D eigenvalue weighted by Crippen LogP contribution is -2.63. The molecule has 15 heteroatoms. The Morgan fingerprint density at radius 1 is 1.02 bits per heavy atom. The number of aliphatic hydroxyl groups is 9. The highest BCUT2D eigenvalue weighted by atomic mass is 16.8. The molecule has 6 rings (SSSR count). The molecule has 3 unspecified atom stereocenters. The normalized spacial score (nSPS) is 52.4. The van der Waals surface area contributed by atoms with Crippen molar-refractivity contribution in [3.8, 4) is 0 Å². The fraction of sp³-hybridized carbons (Fsp3) is 0.824. The Bertz CT molecular complexity index is 1350. The molecular formula is C34H50O15. The number of ketones is 2. The molecule has 2 heterocycles. The van der Waals surface area contributed by atoms with Crippen molar-refractivity contribution >= 4 is 11.6 Å². The topological polar surface area (TPSA) is 253 Å². The molecule has 0 aromatic rings. The van der Waals surface area contributed by atoms with Gasteiger partial charge in [-0.2, -0.15) is 0 Å². The maximum Gasteiger partial charge on any atom is 0.222 e. The molecule has 17 atom stereocenters. The number of ether oxygens (including phenoxy) is 4. The fourth-order valence-corrected chi connectivity index (χ4v) is 10.3. The minimum absolute atomic E-state index is 0.0467. The first-order chi connectivity index (χ1) is 23.0. The molecule has 0 bridgehead atoms. The summed E-state index contributed by atoms with van der Waals surface area (Å²) >= 11 is 0. The van der Waals surface area contributed by atoms with E-state index in [1.807, 2.05) is 13.0 Å². The van der Waals surface area contributed by atoms with Crippen molar-refractivity contribution in [3.05, 3.63) is 23.8 Å². The number of carbonyl (C=O) groups excluding carboxylic acids is 2. The maximum absolute atomic E-state index is 14.0. The van der Waals surface area contributed by atoms with E-state index in [4.69, 9.17) is 18.9 Å². The van der Waals surface area contributed by atoms with E-state index >= 15 is 0 Å². The van der Waals surface area contributed by atoms with E-state index in [1.165, 1.54) is 0 Å². The molecule has 0 aromatic carbocycles. The van der Waals surface area contributed by atoms with Crippen LogP contribution in [0.5, 0.6) is 0 Å². The van der Waals surface area contributed by atoms with Gasteiger partial charge in [0.15, 0.2) is 17.9 Å². The van der Waals surface area contributed by atoms with Crippen LogP contribution in [0.1, 0.15) is 46.5 Å². The SMILES string of the molecule is C[C@H]1C[C@@H]2[C@H]([C@@H](O)C[C@@]3(C)[C@H]2CC[C@]3(O)C(=O)CO[C@]2(CO)O[C@H](CO)[C@H](O[C@@H]3OC(CO)[C@H](O)[C@@H](O)C3O)C2O)[C@@]2(C)C=CC(=O)C=C12. The molecule has 0 aromatic heterocycles. The molecule has 49 heavy (non-hydrogen) atoms. The van der Waals surface area contributed by atoms with Crippen molar-refractivity contribution in [2.75, 3.05) is 26.4 Å². The minimum Gasteiger partial charge on any atom is -0.394 e. The number of carbonyl (C=O) groups is 2. The van der Waals surface area contributed by atoms with E-state index in [2.05, 4.69) is 6.92 Å². The molecule has 2 aliphatic heterocycles. The molecule has 0 spiro atoms. The molecule has 9 N–H and O–H groups in total. The predicted molar refractivity (Wildman–Crippen MR) is 165 cm³/mol. The van der Waals surface area contributed by atoms with Crippen molar-refractivity contribution in [1.82, 2.24) is 0 Å². The quantitative estimate of drug-likeness (QED) is 0.120. The molecular weight excluding hydrogens is 648 g/mol. The van der Waals surface area contributed by atoms with Crippen LogP contribution in [0, 0.1) is 34.5 Å². The fourth-order valence-electron chi connectivity index (χ4n) is 10.3. The summed E-state index contributed by atoms with van der Waals surface area (Å²) in [7, 11) is 0. The Morgan fingerprint density at radius 3 is 2.37 bits per heavy atom. The van der Waals surface area contributed by atoms with Crippen molar-refractivity contribution in [1.29, 1.82) is 0 Å². The summed E-state index contributed by atoms with van der Waals surface area (Å²) in [6.45, 7) is 2.54. The van der Waals surface area contributed by atoms with Gasteiger partial charge in [-0.05, 0) is 55.6 Å². The Hall–Kier alpha value is -1.70. The minimum atomic E-state index is -2.32. The second-order valence-corrected chi connectivity index (χ2v) is 15.4. The van der Waals surface area contributed by atoms with Gasteiger partial charge in [-0.3, -0.25) is 9.59 Å². The standard InChI is InChI=1S/C34H50O15/c1-15-8-17-18-5-7-33(45,32(18,3)10-20(39)24(17)31(2)6-4-16(38)9-19(15)31)23(40)13-46-34(14-37)29(44)28(22(12-36)49-34)48-30-27(43)26(42)25(41)21(11-35)47-30/h4,6,9,15,17-18,20-22,24-30,35-37,39,41-45H,5,7-8,10-14H2,1-3H3/t15-,17-,18-,20-,21?,22+,24+,25-,26+,27?,28-,29?,30-,31-,32-,33-,34+/m0/s1. The number of aliphatic hydroxyl groups excluding tert-OH is 8. The summed E-state index contributed by atoms with van der Waals surface area (Å²) in [5, 5.41) is 95.7. The van der Waals surface area contributed by atoms with Gasteiger partial charge in [0.1, 0.15) is 61.5 Å². The molecule has 3 saturated carbocycles. The van der Waals surface area contributed by atoms with Crippen molar-refractivity contribution in [3.63, 3.8) is 0 Å². The second-order valence-electron chi connectivity index (χ2n) is 15.4. The molecule has 276 valence electrons. The van der Waals surface area contributed by atoms with Crippen LogP contribution < -0.4 is 0 Å². The smallest absolute Gasteiger partial charge is 0.222 e. The Kier molecular flexibility index (Phi) is 9.88. The lowest BCUT2D eigenvalue weighted by atomic mass is 9.45. The zero-order valence-corrected chi connectivity index (χ0v) is 27.9. The lowest BCUT2D eigenvalue weighted by Gasteiger charge is -2.60. The number of Topliss-reactive ketones (excluding diaryl/α,β-unsaturated/α-hetero) is 1. The maximum atomic E-state index is 14.0. The zero-order chi connectivity index (χ0) is 35.8. The Balaban J connectivity index is 1.18. The summed E-state index contributed by atoms with van der Waals surface area (Å²) in [6, 6.07) is 0. The first kappa shape index (κ1) is 37.1. The Labute approximate surface area is 283 Å². The average molecular weight is 699 g/mol. The summed E-state index contributed by atoms with van der Waals surface area (Å²) in [5.41, 5.74) is -2.55. The third kappa shape index (κ3) is 5.52. The van der Waals surface area contributed by atoms with Gasteiger partial charge in [0.05, 0.1) is 19.3 Å². The van der Waals surface area contributed by atoms with Crippen LogP contribution in [-0.2, 0) is 28.5 Å². The largest absolute Gasteiger partial charge is 0.394 e. The monoisotopic (exact) mass is 698 g/mol. The van der Waals surface area contributed by atoms with E-state index in [-0.39, 0.29) is 42.3 Å². The first-order valence-electron chi connectivity index (χ1n) is 17.1. The molecule has 2 saturated heterocycles. The Morgan fingerprint density at radius 2 is 1.71 bits per heavy atom. The number of hydrogen-bond donors (Lipinski definition) is 9. The highest BCUT2D eigenvalue weighted by molar-refractivity contribution is 6.01. The van der Waals surface area contributed by atoms with E-state index in [1.54, 1.807) is 19.1 Å². The van der Waals surface area contributed by atoms with Crippen LogP contribution in [-0.4, -0.2) is 150 Å². The number of hydrogen-bond acceptors (Lipinski definition) is 15. The average Bonchev–Trinajstić information content (AvgIpc) is 3.50.